The summed E-state index contributed by atoms with van der Waals surface area (Å²) >= 11 is 0. The Hall–Kier alpha value is -1.46. The molecule has 5 rings (SSSR count). The fourth-order valence-electron chi connectivity index (χ4n) is 10.7. The van der Waals surface area contributed by atoms with Crippen molar-refractivity contribution in [1.29, 1.82) is 0 Å². The van der Waals surface area contributed by atoms with Crippen LogP contribution in [0.1, 0.15) is 106 Å². The third-order valence-electron chi connectivity index (χ3n) is 13.6. The molecule has 5 aliphatic carbocycles. The molecule has 38 heavy (non-hydrogen) atoms. The number of carbonyl (C=O) groups is 2. The zero-order valence-electron chi connectivity index (χ0n) is 25.0. The van der Waals surface area contributed by atoms with Gasteiger partial charge in [-0.2, -0.15) is 0 Å². The zero-order chi connectivity index (χ0) is 27.9. The van der Waals surface area contributed by atoms with Crippen molar-refractivity contribution in [3.63, 3.8) is 0 Å². The molecular weight excluding hydrogens is 472 g/mol. The number of carbonyl (C=O) groups excluding carboxylic acids is 2. The summed E-state index contributed by atoms with van der Waals surface area (Å²) in [5.74, 6) is 1.02. The minimum atomic E-state index is -0.515. The molecule has 5 aliphatic rings. The van der Waals surface area contributed by atoms with Gasteiger partial charge in [0.1, 0.15) is 0 Å². The average Bonchev–Trinajstić information content (AvgIpc) is 2.84. The third-order valence-corrected chi connectivity index (χ3v) is 13.6. The summed E-state index contributed by atoms with van der Waals surface area (Å²) in [6.07, 6.45) is 12.9. The summed E-state index contributed by atoms with van der Waals surface area (Å²) in [4.78, 5) is 33.0. The van der Waals surface area contributed by atoms with Gasteiger partial charge in [-0.15, -0.1) is 6.58 Å². The lowest BCUT2D eigenvalue weighted by Gasteiger charge is -2.70. The largest absolute Gasteiger partial charge is 0.327 e. The highest BCUT2D eigenvalue weighted by Gasteiger charge is 2.70. The number of nitrogens with one attached hydrogen (secondary N) is 1. The molecule has 0 heterocycles. The maximum absolute atomic E-state index is 14.4. The lowest BCUT2D eigenvalue weighted by Crippen LogP contribution is -2.67. The molecule has 9 atom stereocenters. The number of rotatable bonds is 4. The maximum Gasteiger partial charge on any atom is 0.249 e. The Balaban J connectivity index is 1.54. The first-order valence-electron chi connectivity index (χ1n) is 15.1. The zero-order valence-corrected chi connectivity index (χ0v) is 25.0. The van der Waals surface area contributed by atoms with Crippen LogP contribution in [-0.2, 0) is 14.4 Å². The van der Waals surface area contributed by atoms with Gasteiger partial charge in [0.05, 0.1) is 6.61 Å². The number of fused-ring (bicyclic) bond motifs is 7. The number of hydrogen-bond acceptors (Lipinski definition) is 4. The van der Waals surface area contributed by atoms with Crippen LogP contribution >= 0.6 is 0 Å². The number of hydrogen-bond donors (Lipinski definition) is 2. The Bertz CT molecular complexity index is 1060. The molecule has 0 bridgehead atoms. The molecule has 1 unspecified atom stereocenters. The maximum atomic E-state index is 14.4. The Kier molecular flexibility index (Phi) is 6.48. The number of allylic oxidation sites excluding steroid dienone is 2. The van der Waals surface area contributed by atoms with Crippen LogP contribution in [0.3, 0.4) is 0 Å². The first-order chi connectivity index (χ1) is 17.6. The van der Waals surface area contributed by atoms with Crippen LogP contribution in [-0.4, -0.2) is 24.3 Å². The van der Waals surface area contributed by atoms with Crippen molar-refractivity contribution in [2.75, 3.05) is 6.61 Å². The van der Waals surface area contributed by atoms with Crippen molar-refractivity contribution in [1.82, 2.24) is 5.48 Å². The van der Waals surface area contributed by atoms with Gasteiger partial charge in [-0.05, 0) is 103 Å². The van der Waals surface area contributed by atoms with E-state index in [1.54, 1.807) is 6.08 Å². The van der Waals surface area contributed by atoms with Gasteiger partial charge in [-0.25, -0.2) is 5.48 Å². The van der Waals surface area contributed by atoms with E-state index >= 15 is 0 Å². The predicted molar refractivity (Wildman–Crippen MR) is 152 cm³/mol. The first kappa shape index (κ1) is 28.1. The molecule has 212 valence electrons. The Morgan fingerprint density at radius 1 is 1.05 bits per heavy atom. The first-order valence-corrected chi connectivity index (χ1v) is 15.1. The molecule has 0 aliphatic heterocycles. The minimum absolute atomic E-state index is 0.0291. The van der Waals surface area contributed by atoms with Crippen molar-refractivity contribution in [2.24, 2.45) is 56.0 Å². The van der Waals surface area contributed by atoms with E-state index in [0.717, 1.165) is 57.8 Å². The van der Waals surface area contributed by atoms with Crippen molar-refractivity contribution >= 4 is 11.7 Å². The smallest absolute Gasteiger partial charge is 0.249 e. The molecule has 0 aromatic heterocycles. The van der Waals surface area contributed by atoms with Gasteiger partial charge in [-0.1, -0.05) is 60.1 Å². The van der Waals surface area contributed by atoms with Crippen LogP contribution in [0, 0.1) is 50.2 Å². The van der Waals surface area contributed by atoms with Gasteiger partial charge in [-0.3, -0.25) is 14.4 Å². The van der Waals surface area contributed by atoms with Crippen LogP contribution in [0.15, 0.2) is 24.3 Å². The van der Waals surface area contributed by atoms with E-state index in [1.165, 1.54) is 5.57 Å². The second kappa shape index (κ2) is 8.77. The molecular formula is C33H52N2O3. The summed E-state index contributed by atoms with van der Waals surface area (Å²) in [7, 11) is 0. The second-order valence-electron chi connectivity index (χ2n) is 15.8. The Labute approximate surface area is 230 Å². The summed E-state index contributed by atoms with van der Waals surface area (Å²) in [5.41, 5.74) is 10.2. The van der Waals surface area contributed by atoms with Crippen molar-refractivity contribution < 1.29 is 14.4 Å². The predicted octanol–water partition coefficient (Wildman–Crippen LogP) is 6.53. The lowest BCUT2D eigenvalue weighted by molar-refractivity contribution is -0.187. The van der Waals surface area contributed by atoms with E-state index in [1.807, 2.05) is 0 Å². The van der Waals surface area contributed by atoms with Crippen molar-refractivity contribution in [2.45, 2.75) is 112 Å². The van der Waals surface area contributed by atoms with Gasteiger partial charge in [0, 0.05) is 17.4 Å². The molecule has 5 heteroatoms. The fraction of sp³-hybridized carbons (Fsp3) is 0.818. The van der Waals surface area contributed by atoms with Gasteiger partial charge in [0.15, 0.2) is 5.78 Å². The molecule has 0 spiro atoms. The summed E-state index contributed by atoms with van der Waals surface area (Å²) in [5, 5.41) is 0. The quantitative estimate of drug-likeness (QED) is 0.249. The molecule has 4 saturated carbocycles. The molecule has 3 N–H and O–H groups in total. The van der Waals surface area contributed by atoms with Crippen LogP contribution in [0.5, 0.6) is 0 Å². The molecule has 0 radical (unpaired) electrons. The van der Waals surface area contributed by atoms with Gasteiger partial charge in [0.25, 0.3) is 0 Å². The summed E-state index contributed by atoms with van der Waals surface area (Å²) < 4.78 is 0. The van der Waals surface area contributed by atoms with E-state index in [0.29, 0.717) is 18.3 Å². The SMILES string of the molecule is C=CCONC(=O)[C@@]1(C)CC[C@]2(C)CC[C@]3(C)C(=CC(=O)[C@@H]4[C@@]5(C)CC[C@H](N)C(C)(C)C5CC[C@]43C)[C@@H]2C1. The van der Waals surface area contributed by atoms with E-state index < -0.39 is 5.41 Å². The molecule has 0 aromatic carbocycles. The highest BCUT2D eigenvalue weighted by atomic mass is 16.6. The monoisotopic (exact) mass is 524 g/mol. The van der Waals surface area contributed by atoms with Gasteiger partial charge < -0.3 is 5.73 Å². The fourth-order valence-corrected chi connectivity index (χ4v) is 10.7. The minimum Gasteiger partial charge on any atom is -0.327 e. The Morgan fingerprint density at radius 3 is 2.42 bits per heavy atom. The second-order valence-corrected chi connectivity index (χ2v) is 15.8. The van der Waals surface area contributed by atoms with Crippen LogP contribution < -0.4 is 11.2 Å². The van der Waals surface area contributed by atoms with Crippen molar-refractivity contribution in [3.8, 4) is 0 Å². The summed E-state index contributed by atoms with van der Waals surface area (Å²) in [6.45, 7) is 20.5. The number of amides is 1. The van der Waals surface area contributed by atoms with E-state index in [4.69, 9.17) is 10.6 Å². The highest BCUT2D eigenvalue weighted by molar-refractivity contribution is 5.95. The molecule has 1 amide bonds. The number of hydroxylamine groups is 1. The number of nitrogens with two attached hydrogens (primary N) is 1. The van der Waals surface area contributed by atoms with Crippen LogP contribution in [0.25, 0.3) is 0 Å². The Morgan fingerprint density at radius 2 is 1.74 bits per heavy atom. The van der Waals surface area contributed by atoms with Gasteiger partial charge >= 0.3 is 0 Å². The average molecular weight is 525 g/mol. The highest BCUT2D eigenvalue weighted by Crippen LogP contribution is 2.75. The lowest BCUT2D eigenvalue weighted by atomic mass is 9.33. The normalized spacial score (nSPS) is 49.5. The third kappa shape index (κ3) is 3.62. The van der Waals surface area contributed by atoms with Crippen LogP contribution in [0.2, 0.25) is 0 Å². The van der Waals surface area contributed by atoms with Gasteiger partial charge in [0.2, 0.25) is 5.91 Å². The molecule has 4 fully saturated rings. The van der Waals surface area contributed by atoms with E-state index in [-0.39, 0.29) is 50.9 Å². The van der Waals surface area contributed by atoms with E-state index in [9.17, 15) is 9.59 Å². The topological polar surface area (TPSA) is 81.4 Å². The number of ketones is 1. The van der Waals surface area contributed by atoms with Crippen LogP contribution in [0.4, 0.5) is 0 Å². The molecule has 0 aromatic rings. The molecule has 0 saturated heterocycles. The van der Waals surface area contributed by atoms with Crippen molar-refractivity contribution in [3.05, 3.63) is 24.3 Å². The standard InChI is InChI=1S/C33H52N2O3/c1-9-18-38-35-27(37)30(5)15-14-29(4)16-17-32(7)21(22(29)20-30)19-23(36)26-31(6)12-11-25(34)28(2,3)24(31)10-13-33(26,32)8/h9,19,22,24-26H,1,10-18,20,34H2,2-8H3,(H,35,37)/t22-,24?,25-,26+,29+,30-,31-,32+,33+/m0/s1. The van der Waals surface area contributed by atoms with E-state index in [2.05, 4.69) is 66.6 Å². The molecule has 5 nitrogen and oxygen atoms in total. The summed E-state index contributed by atoms with van der Waals surface area (Å²) in [6, 6.07) is 0.197.